The van der Waals surface area contributed by atoms with Crippen LogP contribution in [0.2, 0.25) is 0 Å². The largest absolute Gasteiger partial charge is 0.277 e. The van der Waals surface area contributed by atoms with Gasteiger partial charge in [0.2, 0.25) is 0 Å². The molecule has 8 heteroatoms. The van der Waals surface area contributed by atoms with Gasteiger partial charge in [-0.25, -0.2) is 8.42 Å². The second kappa shape index (κ2) is 5.57. The normalized spacial score (nSPS) is 11.3. The van der Waals surface area contributed by atoms with Gasteiger partial charge >= 0.3 is 0 Å². The maximum atomic E-state index is 12.5. The van der Waals surface area contributed by atoms with Crippen LogP contribution in [0.5, 0.6) is 0 Å². The molecular formula is C14H13N5O2S. The Morgan fingerprint density at radius 2 is 1.77 bits per heavy atom. The molecule has 7 nitrogen and oxygen atoms in total. The van der Waals surface area contributed by atoms with E-state index in [4.69, 9.17) is 0 Å². The zero-order valence-corrected chi connectivity index (χ0v) is 12.5. The molecule has 0 atom stereocenters. The fourth-order valence-electron chi connectivity index (χ4n) is 1.95. The van der Waals surface area contributed by atoms with Gasteiger partial charge in [0, 0.05) is 0 Å². The Morgan fingerprint density at radius 3 is 2.45 bits per heavy atom. The van der Waals surface area contributed by atoms with E-state index in [0.717, 1.165) is 5.56 Å². The number of sulfonamides is 1. The lowest BCUT2D eigenvalue weighted by atomic mass is 10.2. The molecule has 3 aromatic rings. The van der Waals surface area contributed by atoms with E-state index in [-0.39, 0.29) is 4.90 Å². The molecule has 1 N–H and O–H groups in total. The SMILES string of the molecule is Cc1ccc(S(=O)(=O)Nc2ccccc2-n2cnnn2)cc1. The molecule has 0 saturated heterocycles. The minimum atomic E-state index is -3.68. The number of hydrogen-bond acceptors (Lipinski definition) is 5. The summed E-state index contributed by atoms with van der Waals surface area (Å²) >= 11 is 0. The van der Waals surface area contributed by atoms with Crippen molar-refractivity contribution in [3.05, 3.63) is 60.4 Å². The molecule has 1 heterocycles. The van der Waals surface area contributed by atoms with Gasteiger partial charge in [-0.2, -0.15) is 4.68 Å². The van der Waals surface area contributed by atoms with Crippen LogP contribution in [0.1, 0.15) is 5.56 Å². The second-order valence-electron chi connectivity index (χ2n) is 4.69. The van der Waals surface area contributed by atoms with Crippen molar-refractivity contribution in [2.45, 2.75) is 11.8 Å². The number of aromatic nitrogens is 4. The Labute approximate surface area is 127 Å². The van der Waals surface area contributed by atoms with Crippen LogP contribution in [-0.2, 0) is 10.0 Å². The zero-order chi connectivity index (χ0) is 15.6. The molecule has 0 radical (unpaired) electrons. The Morgan fingerprint density at radius 1 is 1.05 bits per heavy atom. The van der Waals surface area contributed by atoms with Crippen LogP contribution < -0.4 is 4.72 Å². The summed E-state index contributed by atoms with van der Waals surface area (Å²) in [6, 6.07) is 13.5. The summed E-state index contributed by atoms with van der Waals surface area (Å²) in [5, 5.41) is 10.9. The van der Waals surface area contributed by atoms with Crippen molar-refractivity contribution in [1.82, 2.24) is 20.2 Å². The number of para-hydroxylation sites is 2. The number of hydrogen-bond donors (Lipinski definition) is 1. The van der Waals surface area contributed by atoms with E-state index < -0.39 is 10.0 Å². The smallest absolute Gasteiger partial charge is 0.261 e. The highest BCUT2D eigenvalue weighted by Gasteiger charge is 2.16. The number of nitrogens with zero attached hydrogens (tertiary/aromatic N) is 4. The second-order valence-corrected chi connectivity index (χ2v) is 6.37. The van der Waals surface area contributed by atoms with E-state index in [0.29, 0.717) is 11.4 Å². The molecule has 0 unspecified atom stereocenters. The van der Waals surface area contributed by atoms with E-state index in [1.807, 2.05) is 6.92 Å². The van der Waals surface area contributed by atoms with Gasteiger partial charge in [-0.3, -0.25) is 4.72 Å². The molecular weight excluding hydrogens is 302 g/mol. The van der Waals surface area contributed by atoms with E-state index >= 15 is 0 Å². The Balaban J connectivity index is 1.98. The minimum absolute atomic E-state index is 0.199. The number of nitrogens with one attached hydrogen (secondary N) is 1. The monoisotopic (exact) mass is 315 g/mol. The summed E-state index contributed by atoms with van der Waals surface area (Å²) in [5.41, 5.74) is 1.94. The van der Waals surface area contributed by atoms with Gasteiger partial charge in [-0.1, -0.05) is 29.8 Å². The molecule has 0 spiro atoms. The van der Waals surface area contributed by atoms with Crippen molar-refractivity contribution in [3.8, 4) is 5.69 Å². The number of tetrazole rings is 1. The lowest BCUT2D eigenvalue weighted by Gasteiger charge is -2.12. The Hall–Kier alpha value is -2.74. The topological polar surface area (TPSA) is 89.8 Å². The van der Waals surface area contributed by atoms with Crippen molar-refractivity contribution in [1.29, 1.82) is 0 Å². The van der Waals surface area contributed by atoms with Gasteiger partial charge in [-0.05, 0) is 41.6 Å². The fourth-order valence-corrected chi connectivity index (χ4v) is 3.03. The van der Waals surface area contributed by atoms with Crippen LogP contribution in [-0.4, -0.2) is 28.6 Å². The standard InChI is InChI=1S/C14H13N5O2S/c1-11-6-8-12(9-7-11)22(20,21)16-13-4-2-3-5-14(13)19-10-15-17-18-19/h2-10,16H,1H3. The van der Waals surface area contributed by atoms with Gasteiger partial charge in [0.1, 0.15) is 6.33 Å². The highest BCUT2D eigenvalue weighted by molar-refractivity contribution is 7.92. The molecule has 0 aliphatic heterocycles. The highest BCUT2D eigenvalue weighted by Crippen LogP contribution is 2.22. The minimum Gasteiger partial charge on any atom is -0.277 e. The molecule has 0 fully saturated rings. The van der Waals surface area contributed by atoms with Crippen molar-refractivity contribution in [2.75, 3.05) is 4.72 Å². The summed E-state index contributed by atoms with van der Waals surface area (Å²) in [4.78, 5) is 0.199. The van der Waals surface area contributed by atoms with Crippen LogP contribution in [0.25, 0.3) is 5.69 Å². The first kappa shape index (κ1) is 14.2. The third-order valence-corrected chi connectivity index (χ3v) is 4.46. The predicted molar refractivity (Wildman–Crippen MR) is 81.1 cm³/mol. The number of benzene rings is 2. The molecule has 0 aliphatic rings. The zero-order valence-electron chi connectivity index (χ0n) is 11.7. The molecule has 1 aromatic heterocycles. The molecule has 0 saturated carbocycles. The third-order valence-electron chi connectivity index (χ3n) is 3.08. The van der Waals surface area contributed by atoms with Crippen molar-refractivity contribution in [3.63, 3.8) is 0 Å². The van der Waals surface area contributed by atoms with Crippen molar-refractivity contribution in [2.24, 2.45) is 0 Å². The first-order valence-corrected chi connectivity index (χ1v) is 7.96. The lowest BCUT2D eigenvalue weighted by molar-refractivity contribution is 0.601. The predicted octanol–water partition coefficient (Wildman–Crippen LogP) is 1.77. The average molecular weight is 315 g/mol. The third kappa shape index (κ3) is 2.82. The van der Waals surface area contributed by atoms with E-state index in [1.54, 1.807) is 48.5 Å². The fraction of sp³-hybridized carbons (Fsp3) is 0.0714. The summed E-state index contributed by atoms with van der Waals surface area (Å²) < 4.78 is 28.9. The van der Waals surface area contributed by atoms with Gasteiger partial charge in [-0.15, -0.1) is 5.10 Å². The van der Waals surface area contributed by atoms with Crippen molar-refractivity contribution < 1.29 is 8.42 Å². The molecule has 22 heavy (non-hydrogen) atoms. The molecule has 3 rings (SSSR count). The quantitative estimate of drug-likeness (QED) is 0.792. The maximum Gasteiger partial charge on any atom is 0.261 e. The highest BCUT2D eigenvalue weighted by atomic mass is 32.2. The van der Waals surface area contributed by atoms with Crippen LogP contribution in [0.15, 0.2) is 59.8 Å². The van der Waals surface area contributed by atoms with Gasteiger partial charge in [0.05, 0.1) is 16.3 Å². The number of anilines is 1. The molecule has 0 aliphatic carbocycles. The lowest BCUT2D eigenvalue weighted by Crippen LogP contribution is -2.14. The summed E-state index contributed by atoms with van der Waals surface area (Å²) in [6.45, 7) is 1.90. The first-order valence-electron chi connectivity index (χ1n) is 6.48. The Bertz CT molecular complexity index is 874. The summed E-state index contributed by atoms with van der Waals surface area (Å²) in [5.74, 6) is 0. The molecule has 112 valence electrons. The van der Waals surface area contributed by atoms with Crippen LogP contribution >= 0.6 is 0 Å². The van der Waals surface area contributed by atoms with Crippen molar-refractivity contribution >= 4 is 15.7 Å². The van der Waals surface area contributed by atoms with E-state index in [2.05, 4.69) is 20.2 Å². The van der Waals surface area contributed by atoms with Gasteiger partial charge in [0.25, 0.3) is 10.0 Å². The van der Waals surface area contributed by atoms with E-state index in [1.165, 1.54) is 11.0 Å². The van der Waals surface area contributed by atoms with Crippen LogP contribution in [0.4, 0.5) is 5.69 Å². The van der Waals surface area contributed by atoms with Crippen LogP contribution in [0.3, 0.4) is 0 Å². The maximum absolute atomic E-state index is 12.5. The molecule has 0 amide bonds. The average Bonchev–Trinajstić information content (AvgIpc) is 3.02. The van der Waals surface area contributed by atoms with E-state index in [9.17, 15) is 8.42 Å². The number of aryl methyl sites for hydroxylation is 1. The van der Waals surface area contributed by atoms with Gasteiger partial charge < -0.3 is 0 Å². The Kier molecular flexibility index (Phi) is 3.60. The summed E-state index contributed by atoms with van der Waals surface area (Å²) in [6.07, 6.45) is 1.40. The molecule has 0 bridgehead atoms. The van der Waals surface area contributed by atoms with Gasteiger partial charge in [0.15, 0.2) is 0 Å². The molecule has 2 aromatic carbocycles. The summed E-state index contributed by atoms with van der Waals surface area (Å²) in [7, 11) is -3.68. The first-order chi connectivity index (χ1) is 10.6. The van der Waals surface area contributed by atoms with Crippen LogP contribution in [0, 0.1) is 6.92 Å². The number of rotatable bonds is 4.